The predicted molar refractivity (Wildman–Crippen MR) is 57.5 cm³/mol. The SMILES string of the molecule is CC(C)(c1nc(-c2ncn[nH]2)no1)S(C)(=O)=O. The van der Waals surface area contributed by atoms with Crippen LogP contribution in [0.3, 0.4) is 0 Å². The zero-order chi connectivity index (χ0) is 12.7. The van der Waals surface area contributed by atoms with E-state index in [0.29, 0.717) is 5.82 Å². The third-order valence-electron chi connectivity index (χ3n) is 2.49. The van der Waals surface area contributed by atoms with Crippen molar-refractivity contribution in [2.75, 3.05) is 6.26 Å². The summed E-state index contributed by atoms with van der Waals surface area (Å²) in [6.07, 6.45) is 2.42. The molecule has 2 aromatic heterocycles. The van der Waals surface area contributed by atoms with Crippen molar-refractivity contribution in [1.82, 2.24) is 25.3 Å². The monoisotopic (exact) mass is 257 g/mol. The van der Waals surface area contributed by atoms with Gasteiger partial charge in [-0.1, -0.05) is 5.16 Å². The van der Waals surface area contributed by atoms with Crippen LogP contribution in [0.5, 0.6) is 0 Å². The van der Waals surface area contributed by atoms with Crippen molar-refractivity contribution in [2.45, 2.75) is 18.6 Å². The molecule has 0 bridgehead atoms. The first-order chi connectivity index (χ1) is 7.82. The Balaban J connectivity index is 2.44. The summed E-state index contributed by atoms with van der Waals surface area (Å²) in [6, 6.07) is 0. The molecule has 17 heavy (non-hydrogen) atoms. The van der Waals surface area contributed by atoms with E-state index in [9.17, 15) is 8.42 Å². The number of sulfone groups is 1. The van der Waals surface area contributed by atoms with Gasteiger partial charge in [0.2, 0.25) is 11.7 Å². The summed E-state index contributed by atoms with van der Waals surface area (Å²) in [4.78, 5) is 7.84. The molecule has 0 amide bonds. The van der Waals surface area contributed by atoms with Crippen molar-refractivity contribution in [3.8, 4) is 11.6 Å². The summed E-state index contributed by atoms with van der Waals surface area (Å²) in [6.45, 7) is 3.00. The number of hydrogen-bond donors (Lipinski definition) is 1. The Morgan fingerprint density at radius 2 is 2.12 bits per heavy atom. The van der Waals surface area contributed by atoms with Crippen LogP contribution >= 0.6 is 0 Å². The van der Waals surface area contributed by atoms with Crippen molar-refractivity contribution in [3.05, 3.63) is 12.2 Å². The highest BCUT2D eigenvalue weighted by Gasteiger charge is 2.38. The van der Waals surface area contributed by atoms with Crippen molar-refractivity contribution in [1.29, 1.82) is 0 Å². The highest BCUT2D eigenvalue weighted by atomic mass is 32.2. The van der Waals surface area contributed by atoms with Gasteiger partial charge in [-0.15, -0.1) is 0 Å². The zero-order valence-corrected chi connectivity index (χ0v) is 10.3. The Kier molecular flexibility index (Phi) is 2.49. The summed E-state index contributed by atoms with van der Waals surface area (Å²) in [5, 5.41) is 9.86. The Hall–Kier alpha value is -1.77. The van der Waals surface area contributed by atoms with Crippen LogP contribution in [0, 0.1) is 0 Å². The van der Waals surface area contributed by atoms with E-state index >= 15 is 0 Å². The molecule has 1 N–H and O–H groups in total. The molecule has 0 unspecified atom stereocenters. The van der Waals surface area contributed by atoms with Gasteiger partial charge in [0.15, 0.2) is 15.7 Å². The summed E-state index contributed by atoms with van der Waals surface area (Å²) < 4.78 is 26.9. The number of hydrogen-bond acceptors (Lipinski definition) is 7. The van der Waals surface area contributed by atoms with Crippen molar-refractivity contribution >= 4 is 9.84 Å². The molecular weight excluding hydrogens is 246 g/mol. The van der Waals surface area contributed by atoms with Crippen LogP contribution in [0.15, 0.2) is 10.9 Å². The van der Waals surface area contributed by atoms with E-state index in [-0.39, 0.29) is 11.7 Å². The van der Waals surface area contributed by atoms with E-state index in [1.807, 2.05) is 0 Å². The minimum absolute atomic E-state index is 0.0198. The Labute approximate surface area is 97.4 Å². The minimum Gasteiger partial charge on any atom is -0.337 e. The molecule has 0 radical (unpaired) electrons. The summed E-state index contributed by atoms with van der Waals surface area (Å²) in [5.74, 6) is 0.518. The largest absolute Gasteiger partial charge is 0.337 e. The molecular formula is C8H11N5O3S. The molecule has 0 saturated carbocycles. The van der Waals surface area contributed by atoms with Gasteiger partial charge in [-0.2, -0.15) is 10.1 Å². The fourth-order valence-corrected chi connectivity index (χ4v) is 1.44. The van der Waals surface area contributed by atoms with Crippen molar-refractivity contribution < 1.29 is 12.9 Å². The highest BCUT2D eigenvalue weighted by Crippen LogP contribution is 2.28. The van der Waals surface area contributed by atoms with Gasteiger partial charge in [0.05, 0.1) is 0 Å². The van der Waals surface area contributed by atoms with E-state index in [1.165, 1.54) is 20.2 Å². The molecule has 9 heteroatoms. The van der Waals surface area contributed by atoms with Gasteiger partial charge in [0.1, 0.15) is 11.1 Å². The molecule has 8 nitrogen and oxygen atoms in total. The lowest BCUT2D eigenvalue weighted by atomic mass is 10.2. The maximum Gasteiger partial charge on any atom is 0.247 e. The van der Waals surface area contributed by atoms with Gasteiger partial charge in [-0.25, -0.2) is 13.4 Å². The average Bonchev–Trinajstić information content (AvgIpc) is 2.87. The third-order valence-corrected chi connectivity index (χ3v) is 4.52. The molecule has 0 aliphatic rings. The van der Waals surface area contributed by atoms with E-state index in [2.05, 4.69) is 25.3 Å². The minimum atomic E-state index is -3.35. The molecule has 2 rings (SSSR count). The number of rotatable bonds is 3. The first kappa shape index (κ1) is 11.7. The number of nitrogens with zero attached hydrogens (tertiary/aromatic N) is 4. The summed E-state index contributed by atoms with van der Waals surface area (Å²) in [5.41, 5.74) is 0. The lowest BCUT2D eigenvalue weighted by molar-refractivity contribution is 0.347. The fraction of sp³-hybridized carbons (Fsp3) is 0.500. The van der Waals surface area contributed by atoms with Crippen molar-refractivity contribution in [3.63, 3.8) is 0 Å². The van der Waals surface area contributed by atoms with Gasteiger partial charge in [0.25, 0.3) is 0 Å². The second-order valence-electron chi connectivity index (χ2n) is 4.04. The zero-order valence-electron chi connectivity index (χ0n) is 9.50. The molecule has 0 aliphatic carbocycles. The molecule has 0 aromatic carbocycles. The molecule has 2 aromatic rings. The topological polar surface area (TPSA) is 115 Å². The maximum atomic E-state index is 11.6. The predicted octanol–water partition coefficient (Wildman–Crippen LogP) is 0.134. The van der Waals surface area contributed by atoms with E-state index in [4.69, 9.17) is 4.52 Å². The molecule has 0 spiro atoms. The summed E-state index contributed by atoms with van der Waals surface area (Å²) in [7, 11) is -3.35. The number of aromatic nitrogens is 5. The van der Waals surface area contributed by atoms with Crippen LogP contribution in [0.4, 0.5) is 0 Å². The van der Waals surface area contributed by atoms with Gasteiger partial charge in [-0.05, 0) is 13.8 Å². The Bertz CT molecular complexity index is 613. The van der Waals surface area contributed by atoms with Gasteiger partial charge in [0, 0.05) is 6.26 Å². The standard InChI is InChI=1S/C8H11N5O3S/c1-8(2,17(3,14)15)7-11-6(13-16-7)5-9-4-10-12-5/h4H,1-3H3,(H,9,10,12). The van der Waals surface area contributed by atoms with Gasteiger partial charge < -0.3 is 4.52 Å². The van der Waals surface area contributed by atoms with Crippen molar-refractivity contribution in [2.24, 2.45) is 0 Å². The molecule has 0 atom stereocenters. The van der Waals surface area contributed by atoms with Gasteiger partial charge >= 0.3 is 0 Å². The van der Waals surface area contributed by atoms with Crippen LogP contribution < -0.4 is 0 Å². The second-order valence-corrected chi connectivity index (χ2v) is 6.60. The highest BCUT2D eigenvalue weighted by molar-refractivity contribution is 7.91. The maximum absolute atomic E-state index is 11.6. The quantitative estimate of drug-likeness (QED) is 0.831. The van der Waals surface area contributed by atoms with Crippen LogP contribution in [0.2, 0.25) is 0 Å². The molecule has 92 valence electrons. The second kappa shape index (κ2) is 3.62. The molecule has 2 heterocycles. The van der Waals surface area contributed by atoms with Crippen LogP contribution in [-0.2, 0) is 14.6 Å². The normalized spacial score (nSPS) is 12.9. The third kappa shape index (κ3) is 1.93. The van der Waals surface area contributed by atoms with Gasteiger partial charge in [-0.3, -0.25) is 5.10 Å². The summed E-state index contributed by atoms with van der Waals surface area (Å²) >= 11 is 0. The first-order valence-corrected chi connectivity index (χ1v) is 6.61. The number of H-pyrrole nitrogens is 1. The van der Waals surface area contributed by atoms with E-state index in [0.717, 1.165) is 6.26 Å². The Morgan fingerprint density at radius 1 is 1.41 bits per heavy atom. The van der Waals surface area contributed by atoms with E-state index in [1.54, 1.807) is 0 Å². The molecule has 0 saturated heterocycles. The van der Waals surface area contributed by atoms with Crippen LogP contribution in [0.25, 0.3) is 11.6 Å². The van der Waals surface area contributed by atoms with Crippen LogP contribution in [-0.4, -0.2) is 40.0 Å². The number of nitrogens with one attached hydrogen (secondary N) is 1. The molecule has 0 aliphatic heterocycles. The van der Waals surface area contributed by atoms with Crippen LogP contribution in [0.1, 0.15) is 19.7 Å². The Morgan fingerprint density at radius 3 is 2.65 bits per heavy atom. The average molecular weight is 257 g/mol. The number of aromatic amines is 1. The lowest BCUT2D eigenvalue weighted by Crippen LogP contribution is -2.28. The molecule has 0 fully saturated rings. The first-order valence-electron chi connectivity index (χ1n) is 4.72. The fourth-order valence-electron chi connectivity index (χ4n) is 1.04. The lowest BCUT2D eigenvalue weighted by Gasteiger charge is -2.16. The smallest absolute Gasteiger partial charge is 0.247 e. The van der Waals surface area contributed by atoms with E-state index < -0.39 is 14.6 Å².